The number of ether oxygens (including phenoxy) is 2. The molecule has 2 heterocycles. The third-order valence-corrected chi connectivity index (χ3v) is 6.31. The summed E-state index contributed by atoms with van der Waals surface area (Å²) in [5.74, 6) is 1.41. The second-order valence-electron chi connectivity index (χ2n) is 8.62. The van der Waals surface area contributed by atoms with Crippen LogP contribution >= 0.6 is 0 Å². The number of anilines is 1. The van der Waals surface area contributed by atoms with Gasteiger partial charge in [-0.15, -0.1) is 0 Å². The maximum atomic E-state index is 12.7. The fourth-order valence-electron chi connectivity index (χ4n) is 4.47. The first-order chi connectivity index (χ1) is 16.2. The van der Waals surface area contributed by atoms with Gasteiger partial charge in [0, 0.05) is 50.5 Å². The van der Waals surface area contributed by atoms with E-state index in [1.54, 1.807) is 0 Å². The summed E-state index contributed by atoms with van der Waals surface area (Å²) < 4.78 is 10.8. The van der Waals surface area contributed by atoms with Gasteiger partial charge in [0.1, 0.15) is 0 Å². The number of hydrogen-bond acceptors (Lipinski definition) is 5. The number of rotatable bonds is 6. The Kier molecular flexibility index (Phi) is 6.17. The van der Waals surface area contributed by atoms with Crippen LogP contribution in [-0.2, 0) is 13.1 Å². The number of amides is 1. The highest BCUT2D eigenvalue weighted by molar-refractivity contribution is 5.94. The highest BCUT2D eigenvalue weighted by Gasteiger charge is 2.19. The van der Waals surface area contributed by atoms with Crippen molar-refractivity contribution in [1.29, 1.82) is 0 Å². The smallest absolute Gasteiger partial charge is 0.251 e. The second-order valence-corrected chi connectivity index (χ2v) is 8.62. The van der Waals surface area contributed by atoms with Crippen LogP contribution in [0.2, 0.25) is 0 Å². The van der Waals surface area contributed by atoms with E-state index in [0.29, 0.717) is 12.1 Å². The molecule has 3 aromatic rings. The van der Waals surface area contributed by atoms with Crippen molar-refractivity contribution in [3.05, 3.63) is 89.0 Å². The molecule has 170 valence electrons. The maximum Gasteiger partial charge on any atom is 0.251 e. The summed E-state index contributed by atoms with van der Waals surface area (Å²) >= 11 is 0. The lowest BCUT2D eigenvalue weighted by Crippen LogP contribution is -2.46. The van der Waals surface area contributed by atoms with Crippen molar-refractivity contribution in [2.24, 2.45) is 0 Å². The molecule has 3 aromatic carbocycles. The average Bonchev–Trinajstić information content (AvgIpc) is 3.32. The predicted molar refractivity (Wildman–Crippen MR) is 129 cm³/mol. The van der Waals surface area contributed by atoms with E-state index in [1.807, 2.05) is 36.4 Å². The molecule has 6 nitrogen and oxygen atoms in total. The summed E-state index contributed by atoms with van der Waals surface area (Å²) in [5.41, 5.74) is 5.49. The number of para-hydroxylation sites is 1. The Hall–Kier alpha value is -3.51. The highest BCUT2D eigenvalue weighted by atomic mass is 16.7. The molecule has 0 saturated carbocycles. The first-order valence-corrected chi connectivity index (χ1v) is 11.4. The molecule has 0 unspecified atom stereocenters. The van der Waals surface area contributed by atoms with Crippen LogP contribution in [0.4, 0.5) is 5.69 Å². The summed E-state index contributed by atoms with van der Waals surface area (Å²) in [6.45, 7) is 7.76. The molecule has 6 heteroatoms. The summed E-state index contributed by atoms with van der Waals surface area (Å²) in [5, 5.41) is 3.01. The first kappa shape index (κ1) is 21.3. The van der Waals surface area contributed by atoms with Crippen molar-refractivity contribution in [2.45, 2.75) is 20.0 Å². The third-order valence-electron chi connectivity index (χ3n) is 6.31. The summed E-state index contributed by atoms with van der Waals surface area (Å²) in [4.78, 5) is 17.7. The van der Waals surface area contributed by atoms with Gasteiger partial charge in [0.25, 0.3) is 5.91 Å². The Morgan fingerprint density at radius 1 is 0.879 bits per heavy atom. The minimum atomic E-state index is -0.0705. The Balaban J connectivity index is 1.15. The lowest BCUT2D eigenvalue weighted by Gasteiger charge is -2.36. The minimum absolute atomic E-state index is 0.0705. The fraction of sp³-hybridized carbons (Fsp3) is 0.296. The number of nitrogens with zero attached hydrogens (tertiary/aromatic N) is 2. The van der Waals surface area contributed by atoms with Gasteiger partial charge in [0.15, 0.2) is 11.5 Å². The zero-order valence-electron chi connectivity index (χ0n) is 18.9. The molecule has 1 N–H and O–H groups in total. The zero-order valence-corrected chi connectivity index (χ0v) is 18.9. The Morgan fingerprint density at radius 2 is 1.70 bits per heavy atom. The largest absolute Gasteiger partial charge is 0.454 e. The van der Waals surface area contributed by atoms with Gasteiger partial charge in [-0.3, -0.25) is 9.69 Å². The standard InChI is InChI=1S/C27H29N3O3/c1-20-5-2-3-8-24(20)30-13-11-29(12-14-30)18-22-6-4-7-23(15-22)27(31)28-17-21-9-10-25-26(16-21)33-19-32-25/h2-10,15-16H,11-14,17-19H2,1H3,(H,28,31). The molecule has 0 spiro atoms. The van der Waals surface area contributed by atoms with E-state index in [9.17, 15) is 4.79 Å². The van der Waals surface area contributed by atoms with Gasteiger partial charge in [-0.25, -0.2) is 0 Å². The van der Waals surface area contributed by atoms with Gasteiger partial charge in [0.2, 0.25) is 6.79 Å². The van der Waals surface area contributed by atoms with E-state index in [0.717, 1.165) is 55.3 Å². The quantitative estimate of drug-likeness (QED) is 0.625. The number of nitrogens with one attached hydrogen (secondary N) is 1. The lowest BCUT2D eigenvalue weighted by molar-refractivity contribution is 0.0950. The Morgan fingerprint density at radius 3 is 2.55 bits per heavy atom. The van der Waals surface area contributed by atoms with Crippen molar-refractivity contribution in [1.82, 2.24) is 10.2 Å². The summed E-state index contributed by atoms with van der Waals surface area (Å²) in [6.07, 6.45) is 0. The first-order valence-electron chi connectivity index (χ1n) is 11.4. The fourth-order valence-corrected chi connectivity index (χ4v) is 4.47. The molecule has 1 amide bonds. The van der Waals surface area contributed by atoms with Crippen molar-refractivity contribution in [3.8, 4) is 11.5 Å². The predicted octanol–water partition coefficient (Wildman–Crippen LogP) is 3.98. The van der Waals surface area contributed by atoms with Crippen LogP contribution in [0.1, 0.15) is 27.0 Å². The van der Waals surface area contributed by atoms with Gasteiger partial charge in [-0.2, -0.15) is 0 Å². The van der Waals surface area contributed by atoms with Gasteiger partial charge >= 0.3 is 0 Å². The molecule has 33 heavy (non-hydrogen) atoms. The van der Waals surface area contributed by atoms with Crippen molar-refractivity contribution < 1.29 is 14.3 Å². The van der Waals surface area contributed by atoms with Crippen LogP contribution in [0, 0.1) is 6.92 Å². The molecule has 0 radical (unpaired) electrons. The van der Waals surface area contributed by atoms with Crippen molar-refractivity contribution in [3.63, 3.8) is 0 Å². The monoisotopic (exact) mass is 443 g/mol. The molecular formula is C27H29N3O3. The number of piperazine rings is 1. The summed E-state index contributed by atoms with van der Waals surface area (Å²) in [7, 11) is 0. The lowest BCUT2D eigenvalue weighted by atomic mass is 10.1. The normalized spacial score (nSPS) is 15.5. The van der Waals surface area contributed by atoms with Crippen LogP contribution in [0.3, 0.4) is 0 Å². The Labute approximate surface area is 194 Å². The molecular weight excluding hydrogens is 414 g/mol. The van der Waals surface area contributed by atoms with Gasteiger partial charge in [0.05, 0.1) is 0 Å². The maximum absolute atomic E-state index is 12.7. The number of hydrogen-bond donors (Lipinski definition) is 1. The number of carbonyl (C=O) groups excluding carboxylic acids is 1. The molecule has 0 atom stereocenters. The van der Waals surface area contributed by atoms with E-state index >= 15 is 0 Å². The molecule has 1 saturated heterocycles. The third kappa shape index (κ3) is 4.96. The van der Waals surface area contributed by atoms with Crippen molar-refractivity contribution in [2.75, 3.05) is 37.9 Å². The van der Waals surface area contributed by atoms with E-state index in [2.05, 4.69) is 52.4 Å². The number of fused-ring (bicyclic) bond motifs is 1. The van der Waals surface area contributed by atoms with Crippen LogP contribution in [0.15, 0.2) is 66.7 Å². The highest BCUT2D eigenvalue weighted by Crippen LogP contribution is 2.32. The minimum Gasteiger partial charge on any atom is -0.454 e. The van der Waals surface area contributed by atoms with E-state index < -0.39 is 0 Å². The molecule has 2 aliphatic heterocycles. The van der Waals surface area contributed by atoms with Gasteiger partial charge in [-0.05, 0) is 53.9 Å². The second kappa shape index (κ2) is 9.55. The van der Waals surface area contributed by atoms with Crippen LogP contribution < -0.4 is 19.7 Å². The van der Waals surface area contributed by atoms with Gasteiger partial charge < -0.3 is 19.7 Å². The Bertz CT molecular complexity index is 1140. The van der Waals surface area contributed by atoms with E-state index in [1.165, 1.54) is 11.3 Å². The number of benzene rings is 3. The molecule has 0 aliphatic carbocycles. The molecule has 0 aromatic heterocycles. The van der Waals surface area contributed by atoms with E-state index in [-0.39, 0.29) is 12.7 Å². The topological polar surface area (TPSA) is 54.0 Å². The number of aryl methyl sites for hydroxylation is 1. The molecule has 1 fully saturated rings. The van der Waals surface area contributed by atoms with Gasteiger partial charge in [-0.1, -0.05) is 36.4 Å². The summed E-state index contributed by atoms with van der Waals surface area (Å²) in [6, 6.07) is 22.3. The molecule has 5 rings (SSSR count). The molecule has 0 bridgehead atoms. The van der Waals surface area contributed by atoms with E-state index in [4.69, 9.17) is 9.47 Å². The average molecular weight is 444 g/mol. The van der Waals surface area contributed by atoms with Crippen LogP contribution in [-0.4, -0.2) is 43.8 Å². The number of carbonyl (C=O) groups is 1. The van der Waals surface area contributed by atoms with Crippen LogP contribution in [0.25, 0.3) is 0 Å². The molecule has 2 aliphatic rings. The SMILES string of the molecule is Cc1ccccc1N1CCN(Cc2cccc(C(=O)NCc3ccc4c(c3)OCO4)c2)CC1. The van der Waals surface area contributed by atoms with Crippen molar-refractivity contribution >= 4 is 11.6 Å². The van der Waals surface area contributed by atoms with Crippen LogP contribution in [0.5, 0.6) is 11.5 Å². The zero-order chi connectivity index (χ0) is 22.6.